The average Bonchev–Trinajstić information content (AvgIpc) is 2.84. The number of carboxylic acids is 1. The first-order valence-corrected chi connectivity index (χ1v) is 8.74. The van der Waals surface area contributed by atoms with E-state index < -0.39 is 16.8 Å². The molecule has 1 saturated heterocycles. The number of carbonyl (C=O) groups excluding carboxylic acids is 2. The Balaban J connectivity index is 2.18. The van der Waals surface area contributed by atoms with Gasteiger partial charge in [0.2, 0.25) is 5.91 Å². The standard InChI is InChI=1S/C18H23N3O6/c1-12-5-3-7-15(17(12)21(26)27)18(25)19-9-4-6-14(8-10-19)20(13(2)22)11-16(23)24/h3,5,7,14H,4,6,8-11H2,1-2H3,(H,23,24). The van der Waals surface area contributed by atoms with Crippen molar-refractivity contribution in [3.05, 3.63) is 39.4 Å². The van der Waals surface area contributed by atoms with Gasteiger partial charge in [-0.2, -0.15) is 0 Å². The normalized spacial score (nSPS) is 17.1. The molecular formula is C18H23N3O6. The molecule has 2 rings (SSSR count). The van der Waals surface area contributed by atoms with Crippen LogP contribution >= 0.6 is 0 Å². The van der Waals surface area contributed by atoms with E-state index in [0.717, 1.165) is 0 Å². The van der Waals surface area contributed by atoms with Gasteiger partial charge in [-0.15, -0.1) is 0 Å². The Hall–Kier alpha value is -2.97. The molecule has 1 N–H and O–H groups in total. The van der Waals surface area contributed by atoms with Crippen LogP contribution in [0.4, 0.5) is 5.69 Å². The van der Waals surface area contributed by atoms with Crippen molar-refractivity contribution in [3.8, 4) is 0 Å². The van der Waals surface area contributed by atoms with E-state index in [9.17, 15) is 24.5 Å². The van der Waals surface area contributed by atoms with Crippen LogP contribution in [0.15, 0.2) is 18.2 Å². The first-order valence-electron chi connectivity index (χ1n) is 8.74. The number of rotatable bonds is 5. The molecular weight excluding hydrogens is 354 g/mol. The summed E-state index contributed by atoms with van der Waals surface area (Å²) in [5.74, 6) is -1.83. The Labute approximate surface area is 156 Å². The lowest BCUT2D eigenvalue weighted by Crippen LogP contribution is -2.43. The molecule has 1 fully saturated rings. The van der Waals surface area contributed by atoms with Gasteiger partial charge in [-0.3, -0.25) is 24.5 Å². The summed E-state index contributed by atoms with van der Waals surface area (Å²) in [6.45, 7) is 3.24. The number of carbonyl (C=O) groups is 3. The minimum absolute atomic E-state index is 0.0485. The molecule has 1 aliphatic heterocycles. The van der Waals surface area contributed by atoms with E-state index in [4.69, 9.17) is 5.11 Å². The SMILES string of the molecule is CC(=O)N(CC(=O)O)C1CCCN(C(=O)c2cccc(C)c2[N+](=O)[O-])CC1. The van der Waals surface area contributed by atoms with Gasteiger partial charge in [0, 0.05) is 31.6 Å². The van der Waals surface area contributed by atoms with Crippen LogP contribution in [0.2, 0.25) is 0 Å². The third-order valence-electron chi connectivity index (χ3n) is 4.79. The summed E-state index contributed by atoms with van der Waals surface area (Å²) >= 11 is 0. The molecule has 1 aromatic rings. The number of nitro benzene ring substituents is 1. The van der Waals surface area contributed by atoms with Gasteiger partial charge < -0.3 is 14.9 Å². The van der Waals surface area contributed by atoms with Crippen molar-refractivity contribution in [3.63, 3.8) is 0 Å². The minimum Gasteiger partial charge on any atom is -0.480 e. The molecule has 2 amide bonds. The third-order valence-corrected chi connectivity index (χ3v) is 4.79. The van der Waals surface area contributed by atoms with Crippen LogP contribution in [-0.2, 0) is 9.59 Å². The monoisotopic (exact) mass is 377 g/mol. The number of nitro groups is 1. The highest BCUT2D eigenvalue weighted by Crippen LogP contribution is 2.26. The van der Waals surface area contributed by atoms with Gasteiger partial charge in [-0.05, 0) is 32.3 Å². The number of aliphatic carboxylic acids is 1. The quantitative estimate of drug-likeness (QED) is 0.617. The summed E-state index contributed by atoms with van der Waals surface area (Å²) in [7, 11) is 0. The first kappa shape index (κ1) is 20.3. The second-order valence-electron chi connectivity index (χ2n) is 6.65. The van der Waals surface area contributed by atoms with Gasteiger partial charge in [-0.25, -0.2) is 0 Å². The van der Waals surface area contributed by atoms with Crippen LogP contribution in [-0.4, -0.2) is 63.3 Å². The minimum atomic E-state index is -1.09. The van der Waals surface area contributed by atoms with Gasteiger partial charge >= 0.3 is 5.97 Å². The van der Waals surface area contributed by atoms with Crippen LogP contribution in [0.5, 0.6) is 0 Å². The maximum atomic E-state index is 12.9. The highest BCUT2D eigenvalue weighted by Gasteiger charge is 2.30. The molecule has 9 nitrogen and oxygen atoms in total. The lowest BCUT2D eigenvalue weighted by atomic mass is 10.1. The molecule has 0 bridgehead atoms. The second kappa shape index (κ2) is 8.61. The van der Waals surface area contributed by atoms with Crippen molar-refractivity contribution in [1.82, 2.24) is 9.80 Å². The highest BCUT2D eigenvalue weighted by atomic mass is 16.6. The van der Waals surface area contributed by atoms with E-state index in [1.807, 2.05) is 0 Å². The van der Waals surface area contributed by atoms with Crippen molar-refractivity contribution < 1.29 is 24.4 Å². The van der Waals surface area contributed by atoms with E-state index in [1.165, 1.54) is 17.9 Å². The van der Waals surface area contributed by atoms with E-state index in [0.29, 0.717) is 37.9 Å². The number of carboxylic acid groups (broad SMARTS) is 1. The fourth-order valence-corrected chi connectivity index (χ4v) is 3.48. The van der Waals surface area contributed by atoms with Crippen LogP contribution < -0.4 is 0 Å². The van der Waals surface area contributed by atoms with Crippen LogP contribution in [0.3, 0.4) is 0 Å². The first-order chi connectivity index (χ1) is 12.7. The predicted octanol–water partition coefficient (Wildman–Crippen LogP) is 1.83. The van der Waals surface area contributed by atoms with Crippen molar-refractivity contribution in [1.29, 1.82) is 0 Å². The lowest BCUT2D eigenvalue weighted by Gasteiger charge is -2.28. The fourth-order valence-electron chi connectivity index (χ4n) is 3.48. The topological polar surface area (TPSA) is 121 Å². The van der Waals surface area contributed by atoms with E-state index >= 15 is 0 Å². The molecule has 0 saturated carbocycles. The van der Waals surface area contributed by atoms with E-state index in [-0.39, 0.29) is 29.7 Å². The molecule has 1 heterocycles. The Bertz CT molecular complexity index is 763. The average molecular weight is 377 g/mol. The van der Waals surface area contributed by atoms with Crippen LogP contribution in [0.25, 0.3) is 0 Å². The molecule has 0 spiro atoms. The molecule has 0 aliphatic carbocycles. The zero-order valence-corrected chi connectivity index (χ0v) is 15.4. The maximum absolute atomic E-state index is 12.9. The summed E-state index contributed by atoms with van der Waals surface area (Å²) < 4.78 is 0. The van der Waals surface area contributed by atoms with Crippen molar-refractivity contribution in [2.24, 2.45) is 0 Å². The number of hydrogen-bond acceptors (Lipinski definition) is 5. The molecule has 1 aliphatic rings. The van der Waals surface area contributed by atoms with Gasteiger partial charge in [0.25, 0.3) is 11.6 Å². The van der Waals surface area contributed by atoms with Crippen molar-refractivity contribution >= 4 is 23.5 Å². The van der Waals surface area contributed by atoms with Crippen LogP contribution in [0, 0.1) is 17.0 Å². The number of benzene rings is 1. The number of aryl methyl sites for hydroxylation is 1. The zero-order valence-electron chi connectivity index (χ0n) is 15.4. The van der Waals surface area contributed by atoms with Gasteiger partial charge in [-0.1, -0.05) is 12.1 Å². The fraction of sp³-hybridized carbons (Fsp3) is 0.500. The molecule has 27 heavy (non-hydrogen) atoms. The maximum Gasteiger partial charge on any atom is 0.323 e. The zero-order chi connectivity index (χ0) is 20.1. The number of nitrogens with zero attached hydrogens (tertiary/aromatic N) is 3. The number of likely N-dealkylation sites (tertiary alicyclic amines) is 1. The van der Waals surface area contributed by atoms with E-state index in [1.54, 1.807) is 24.0 Å². The summed E-state index contributed by atoms with van der Waals surface area (Å²) in [5.41, 5.74) is 0.273. The van der Waals surface area contributed by atoms with Gasteiger partial charge in [0.1, 0.15) is 12.1 Å². The number of hydrogen-bond donors (Lipinski definition) is 1. The Morgan fingerprint density at radius 1 is 1.30 bits per heavy atom. The molecule has 1 unspecified atom stereocenters. The summed E-state index contributed by atoms with van der Waals surface area (Å²) in [6, 6.07) is 4.37. The number of para-hydroxylation sites is 1. The van der Waals surface area contributed by atoms with Gasteiger partial charge in [0.15, 0.2) is 0 Å². The molecule has 1 aromatic carbocycles. The molecule has 1 atom stereocenters. The molecule has 0 aromatic heterocycles. The Morgan fingerprint density at radius 2 is 2.00 bits per heavy atom. The Morgan fingerprint density at radius 3 is 2.59 bits per heavy atom. The van der Waals surface area contributed by atoms with Crippen molar-refractivity contribution in [2.45, 2.75) is 39.2 Å². The predicted molar refractivity (Wildman–Crippen MR) is 96.4 cm³/mol. The lowest BCUT2D eigenvalue weighted by molar-refractivity contribution is -0.385. The van der Waals surface area contributed by atoms with E-state index in [2.05, 4.69) is 0 Å². The van der Waals surface area contributed by atoms with Crippen LogP contribution in [0.1, 0.15) is 42.1 Å². The Kier molecular flexibility index (Phi) is 6.49. The molecule has 146 valence electrons. The summed E-state index contributed by atoms with van der Waals surface area (Å²) in [4.78, 5) is 49.3. The third kappa shape index (κ3) is 4.81. The molecule has 0 radical (unpaired) electrons. The van der Waals surface area contributed by atoms with Crippen molar-refractivity contribution in [2.75, 3.05) is 19.6 Å². The highest BCUT2D eigenvalue weighted by molar-refractivity contribution is 5.98. The number of amides is 2. The smallest absolute Gasteiger partial charge is 0.323 e. The van der Waals surface area contributed by atoms with Gasteiger partial charge in [0.05, 0.1) is 4.92 Å². The largest absolute Gasteiger partial charge is 0.480 e. The summed E-state index contributed by atoms with van der Waals surface area (Å²) in [6.07, 6.45) is 1.59. The summed E-state index contributed by atoms with van der Waals surface area (Å²) in [5, 5.41) is 20.4. The molecule has 9 heteroatoms. The second-order valence-corrected chi connectivity index (χ2v) is 6.65.